The summed E-state index contributed by atoms with van der Waals surface area (Å²) in [6, 6.07) is 9.54. The van der Waals surface area contributed by atoms with Gasteiger partial charge in [-0.05, 0) is 6.07 Å². The van der Waals surface area contributed by atoms with Crippen molar-refractivity contribution in [3.05, 3.63) is 35.8 Å². The van der Waals surface area contributed by atoms with Crippen molar-refractivity contribution in [3.8, 4) is 5.75 Å². The summed E-state index contributed by atoms with van der Waals surface area (Å²) in [6.07, 6.45) is 0. The molecule has 0 unspecified atom stereocenters. The highest BCUT2D eigenvalue weighted by Gasteiger charge is 2.06. The van der Waals surface area contributed by atoms with Crippen molar-refractivity contribution >= 4 is 32.3 Å². The third kappa shape index (κ3) is 0.930. The largest absolute Gasteiger partial charge is 0.507 e. The van der Waals surface area contributed by atoms with Crippen molar-refractivity contribution in [2.45, 2.75) is 0 Å². The van der Waals surface area contributed by atoms with Crippen molar-refractivity contribution in [1.29, 1.82) is 0 Å². The zero-order valence-electron chi connectivity index (χ0n) is 7.27. The second kappa shape index (κ2) is 2.69. The van der Waals surface area contributed by atoms with E-state index in [2.05, 4.69) is 4.98 Å². The second-order valence-corrected chi connectivity index (χ2v) is 4.03. The lowest BCUT2D eigenvalue weighted by Crippen LogP contribution is -1.75. The predicted molar refractivity (Wildman–Crippen MR) is 58.8 cm³/mol. The van der Waals surface area contributed by atoms with Gasteiger partial charge in [0.2, 0.25) is 0 Å². The van der Waals surface area contributed by atoms with E-state index < -0.39 is 0 Å². The molecule has 3 rings (SSSR count). The molecule has 2 aromatic carbocycles. The number of rotatable bonds is 0. The highest BCUT2D eigenvalue weighted by molar-refractivity contribution is 7.16. The molecule has 0 saturated carbocycles. The first kappa shape index (κ1) is 7.76. The van der Waals surface area contributed by atoms with Crippen LogP contribution < -0.4 is 0 Å². The highest BCUT2D eigenvalue weighted by Crippen LogP contribution is 2.33. The molecule has 68 valence electrons. The minimum atomic E-state index is 0.331. The number of phenolic OH excluding ortho intramolecular Hbond substituents is 1. The summed E-state index contributed by atoms with van der Waals surface area (Å²) >= 11 is 1.55. The molecular weight excluding hydrogens is 194 g/mol. The summed E-state index contributed by atoms with van der Waals surface area (Å²) in [5.74, 6) is 0.331. The van der Waals surface area contributed by atoms with Crippen LogP contribution in [0.5, 0.6) is 5.75 Å². The van der Waals surface area contributed by atoms with Crippen molar-refractivity contribution in [2.75, 3.05) is 0 Å². The Bertz CT molecular complexity index is 615. The molecule has 2 nitrogen and oxygen atoms in total. The second-order valence-electron chi connectivity index (χ2n) is 3.14. The van der Waals surface area contributed by atoms with Crippen LogP contribution in [-0.2, 0) is 0 Å². The number of aromatic hydroxyl groups is 1. The molecule has 0 bridgehead atoms. The number of fused-ring (bicyclic) bond motifs is 3. The van der Waals surface area contributed by atoms with Crippen LogP contribution in [0.15, 0.2) is 35.8 Å². The molecule has 3 heteroatoms. The zero-order chi connectivity index (χ0) is 9.54. The summed E-state index contributed by atoms with van der Waals surface area (Å²) < 4.78 is 1.03. The van der Waals surface area contributed by atoms with E-state index in [9.17, 15) is 5.11 Å². The Kier molecular flexibility index (Phi) is 1.49. The SMILES string of the molecule is Oc1cc2scnc2c2ccccc12. The van der Waals surface area contributed by atoms with Gasteiger partial charge < -0.3 is 5.11 Å². The van der Waals surface area contributed by atoms with Crippen LogP contribution in [0.1, 0.15) is 0 Å². The molecule has 1 heterocycles. The quantitative estimate of drug-likeness (QED) is 0.606. The van der Waals surface area contributed by atoms with E-state index in [-0.39, 0.29) is 0 Å². The van der Waals surface area contributed by atoms with Crippen LogP contribution in [-0.4, -0.2) is 10.1 Å². The summed E-state index contributed by atoms with van der Waals surface area (Å²) in [4.78, 5) is 4.30. The van der Waals surface area contributed by atoms with Gasteiger partial charge in [-0.2, -0.15) is 0 Å². The Morgan fingerprint density at radius 3 is 2.79 bits per heavy atom. The Hall–Kier alpha value is -1.61. The number of thiazole rings is 1. The van der Waals surface area contributed by atoms with Gasteiger partial charge in [0.15, 0.2) is 0 Å². The van der Waals surface area contributed by atoms with Crippen LogP contribution in [0.3, 0.4) is 0 Å². The van der Waals surface area contributed by atoms with Crippen LogP contribution in [0.2, 0.25) is 0 Å². The monoisotopic (exact) mass is 201 g/mol. The lowest BCUT2D eigenvalue weighted by molar-refractivity contribution is 0.482. The van der Waals surface area contributed by atoms with Gasteiger partial charge >= 0.3 is 0 Å². The number of benzene rings is 2. The van der Waals surface area contributed by atoms with Gasteiger partial charge in [-0.25, -0.2) is 4.98 Å². The van der Waals surface area contributed by atoms with E-state index in [1.54, 1.807) is 22.9 Å². The van der Waals surface area contributed by atoms with Gasteiger partial charge in [0.25, 0.3) is 0 Å². The van der Waals surface area contributed by atoms with Gasteiger partial charge in [0.1, 0.15) is 5.75 Å². The van der Waals surface area contributed by atoms with Crippen LogP contribution in [0.25, 0.3) is 21.0 Å². The Balaban J connectivity index is 2.67. The summed E-state index contributed by atoms with van der Waals surface area (Å²) in [5, 5.41) is 11.7. The first-order valence-electron chi connectivity index (χ1n) is 4.30. The van der Waals surface area contributed by atoms with E-state index in [0.29, 0.717) is 5.75 Å². The summed E-state index contributed by atoms with van der Waals surface area (Å²) in [6.45, 7) is 0. The van der Waals surface area contributed by atoms with Crippen LogP contribution in [0.4, 0.5) is 0 Å². The summed E-state index contributed by atoms with van der Waals surface area (Å²) in [5.41, 5.74) is 2.78. The number of hydrogen-bond donors (Lipinski definition) is 1. The number of phenols is 1. The molecule has 0 atom stereocenters. The standard InChI is InChI=1S/C11H7NOS/c13-9-5-10-11(12-6-14-10)8-4-2-1-3-7(8)9/h1-6,13H. The summed E-state index contributed by atoms with van der Waals surface area (Å²) in [7, 11) is 0. The van der Waals surface area contributed by atoms with Gasteiger partial charge in [-0.1, -0.05) is 24.3 Å². The third-order valence-electron chi connectivity index (χ3n) is 2.32. The van der Waals surface area contributed by atoms with Crippen LogP contribution >= 0.6 is 11.3 Å². The lowest BCUT2D eigenvalue weighted by Gasteiger charge is -2.00. The van der Waals surface area contributed by atoms with Crippen molar-refractivity contribution in [3.63, 3.8) is 0 Å². The molecule has 0 aliphatic rings. The van der Waals surface area contributed by atoms with Gasteiger partial charge in [-0.15, -0.1) is 11.3 Å². The van der Waals surface area contributed by atoms with Crippen LogP contribution in [0, 0.1) is 0 Å². The van der Waals surface area contributed by atoms with Gasteiger partial charge in [0, 0.05) is 10.8 Å². The zero-order valence-corrected chi connectivity index (χ0v) is 8.08. The third-order valence-corrected chi connectivity index (χ3v) is 3.10. The van der Waals surface area contributed by atoms with Crippen molar-refractivity contribution in [1.82, 2.24) is 4.98 Å². The number of aromatic nitrogens is 1. The molecule has 1 aromatic heterocycles. The number of hydrogen-bond acceptors (Lipinski definition) is 3. The Morgan fingerprint density at radius 1 is 1.14 bits per heavy atom. The molecule has 3 aromatic rings. The average Bonchev–Trinajstić information content (AvgIpc) is 2.66. The van der Waals surface area contributed by atoms with Gasteiger partial charge in [-0.3, -0.25) is 0 Å². The smallest absolute Gasteiger partial charge is 0.124 e. The Morgan fingerprint density at radius 2 is 1.93 bits per heavy atom. The molecule has 0 radical (unpaired) electrons. The molecular formula is C11H7NOS. The van der Waals surface area contributed by atoms with Gasteiger partial charge in [0.05, 0.1) is 15.7 Å². The molecule has 0 amide bonds. The predicted octanol–water partition coefficient (Wildman–Crippen LogP) is 3.16. The molecule has 0 fully saturated rings. The van der Waals surface area contributed by atoms with E-state index in [0.717, 1.165) is 21.0 Å². The fraction of sp³-hybridized carbons (Fsp3) is 0. The molecule has 0 saturated heterocycles. The Labute approximate surface area is 84.4 Å². The number of nitrogens with zero attached hydrogens (tertiary/aromatic N) is 1. The van der Waals surface area contributed by atoms with E-state index in [1.807, 2.05) is 24.3 Å². The molecule has 0 spiro atoms. The highest BCUT2D eigenvalue weighted by atomic mass is 32.1. The fourth-order valence-corrected chi connectivity index (χ4v) is 2.40. The first-order valence-corrected chi connectivity index (χ1v) is 5.18. The minimum absolute atomic E-state index is 0.331. The molecule has 1 N–H and O–H groups in total. The van der Waals surface area contributed by atoms with E-state index >= 15 is 0 Å². The van der Waals surface area contributed by atoms with Crippen molar-refractivity contribution in [2.24, 2.45) is 0 Å². The fourth-order valence-electron chi connectivity index (χ4n) is 1.67. The maximum atomic E-state index is 9.77. The van der Waals surface area contributed by atoms with E-state index in [1.165, 1.54) is 0 Å². The molecule has 0 aliphatic heterocycles. The average molecular weight is 201 g/mol. The maximum Gasteiger partial charge on any atom is 0.124 e. The molecule has 0 aliphatic carbocycles. The maximum absolute atomic E-state index is 9.77. The first-order chi connectivity index (χ1) is 6.86. The molecule has 14 heavy (non-hydrogen) atoms. The lowest BCUT2D eigenvalue weighted by atomic mass is 10.1. The topological polar surface area (TPSA) is 33.1 Å². The van der Waals surface area contributed by atoms with Crippen molar-refractivity contribution < 1.29 is 5.11 Å². The van der Waals surface area contributed by atoms with E-state index in [4.69, 9.17) is 0 Å². The minimum Gasteiger partial charge on any atom is -0.507 e. The normalized spacial score (nSPS) is 11.1.